The Balaban J connectivity index is 1.86. The Morgan fingerprint density at radius 2 is 1.86 bits per heavy atom. The molecule has 6 heteroatoms. The molecule has 0 unspecified atom stereocenters. The molecule has 114 valence electrons. The first-order chi connectivity index (χ1) is 10.7. The van der Waals surface area contributed by atoms with Crippen LogP contribution in [-0.4, -0.2) is 28.8 Å². The van der Waals surface area contributed by atoms with Crippen LogP contribution in [0, 0.1) is 0 Å². The molecule has 1 fully saturated rings. The van der Waals surface area contributed by atoms with Crippen LogP contribution in [0.25, 0.3) is 11.4 Å². The van der Waals surface area contributed by atoms with Crippen LogP contribution in [0.2, 0.25) is 0 Å². The summed E-state index contributed by atoms with van der Waals surface area (Å²) in [6, 6.07) is 6.95. The molecule has 3 rings (SSSR count). The van der Waals surface area contributed by atoms with Gasteiger partial charge in [0.25, 0.3) is 0 Å². The molecule has 0 aromatic carbocycles. The quantitative estimate of drug-likeness (QED) is 0.809. The minimum atomic E-state index is -0.373. The molecule has 1 aliphatic heterocycles. The number of pyridine rings is 2. The number of ether oxygens (including phenoxy) is 3. The standard InChI is InChI=1S/C16H16N2O4/c1-3-20-15(19)11-4-6-17-13(8-11)14-9-12(5-7-18-14)16-21-10(2)22-16/h4-10,16H,3H2,1-2H3. The van der Waals surface area contributed by atoms with E-state index in [-0.39, 0.29) is 18.5 Å². The maximum Gasteiger partial charge on any atom is 0.338 e. The fraction of sp³-hybridized carbons (Fsp3) is 0.312. The van der Waals surface area contributed by atoms with E-state index in [1.807, 2.05) is 19.1 Å². The van der Waals surface area contributed by atoms with Crippen molar-refractivity contribution in [2.75, 3.05) is 6.61 Å². The van der Waals surface area contributed by atoms with E-state index in [1.54, 1.807) is 31.5 Å². The summed E-state index contributed by atoms with van der Waals surface area (Å²) in [6.07, 6.45) is 2.67. The largest absolute Gasteiger partial charge is 0.462 e. The van der Waals surface area contributed by atoms with Crippen molar-refractivity contribution in [3.63, 3.8) is 0 Å². The Kier molecular flexibility index (Phi) is 4.13. The highest BCUT2D eigenvalue weighted by molar-refractivity contribution is 5.90. The normalized spacial score (nSPS) is 20.3. The molecule has 1 saturated heterocycles. The van der Waals surface area contributed by atoms with Gasteiger partial charge in [0.15, 0.2) is 12.6 Å². The first-order valence-electron chi connectivity index (χ1n) is 7.08. The SMILES string of the molecule is CCOC(=O)c1ccnc(-c2cc(C3OC(C)O3)ccn2)c1. The summed E-state index contributed by atoms with van der Waals surface area (Å²) in [5.74, 6) is -0.373. The van der Waals surface area contributed by atoms with E-state index in [0.29, 0.717) is 23.6 Å². The number of nitrogens with zero attached hydrogens (tertiary/aromatic N) is 2. The molecule has 3 heterocycles. The molecular formula is C16H16N2O4. The van der Waals surface area contributed by atoms with Gasteiger partial charge in [-0.3, -0.25) is 9.97 Å². The third-order valence-electron chi connectivity index (χ3n) is 3.22. The maximum atomic E-state index is 11.8. The zero-order valence-electron chi connectivity index (χ0n) is 12.4. The van der Waals surface area contributed by atoms with Crippen molar-refractivity contribution in [2.45, 2.75) is 26.4 Å². The Morgan fingerprint density at radius 3 is 2.55 bits per heavy atom. The monoisotopic (exact) mass is 300 g/mol. The Bertz CT molecular complexity index is 683. The third-order valence-corrected chi connectivity index (χ3v) is 3.22. The van der Waals surface area contributed by atoms with Crippen LogP contribution in [0.15, 0.2) is 36.7 Å². The molecule has 0 aliphatic carbocycles. The van der Waals surface area contributed by atoms with Crippen LogP contribution >= 0.6 is 0 Å². The Morgan fingerprint density at radius 1 is 1.18 bits per heavy atom. The summed E-state index contributed by atoms with van der Waals surface area (Å²) in [5, 5.41) is 0. The highest BCUT2D eigenvalue weighted by Crippen LogP contribution is 2.32. The summed E-state index contributed by atoms with van der Waals surface area (Å²) >= 11 is 0. The first-order valence-corrected chi connectivity index (χ1v) is 7.08. The van der Waals surface area contributed by atoms with E-state index >= 15 is 0 Å². The molecule has 22 heavy (non-hydrogen) atoms. The van der Waals surface area contributed by atoms with Crippen molar-refractivity contribution in [2.24, 2.45) is 0 Å². The average Bonchev–Trinajstić information content (AvgIpc) is 2.52. The minimum Gasteiger partial charge on any atom is -0.462 e. The highest BCUT2D eigenvalue weighted by Gasteiger charge is 2.28. The van der Waals surface area contributed by atoms with Gasteiger partial charge < -0.3 is 14.2 Å². The zero-order chi connectivity index (χ0) is 15.5. The van der Waals surface area contributed by atoms with Gasteiger partial charge in [0, 0.05) is 18.0 Å². The molecule has 0 spiro atoms. The van der Waals surface area contributed by atoms with E-state index in [1.165, 1.54) is 0 Å². The lowest BCUT2D eigenvalue weighted by atomic mass is 10.1. The van der Waals surface area contributed by atoms with E-state index in [0.717, 1.165) is 5.56 Å². The summed E-state index contributed by atoms with van der Waals surface area (Å²) in [4.78, 5) is 20.3. The fourth-order valence-electron chi connectivity index (χ4n) is 2.16. The lowest BCUT2D eigenvalue weighted by Gasteiger charge is -2.33. The fourth-order valence-corrected chi connectivity index (χ4v) is 2.16. The number of carbonyl (C=O) groups excluding carboxylic acids is 1. The van der Waals surface area contributed by atoms with E-state index in [4.69, 9.17) is 14.2 Å². The van der Waals surface area contributed by atoms with Crippen LogP contribution in [0.1, 0.15) is 36.1 Å². The van der Waals surface area contributed by atoms with Gasteiger partial charge in [0.05, 0.1) is 23.6 Å². The molecule has 2 aromatic rings. The molecule has 0 amide bonds. The number of aromatic nitrogens is 2. The highest BCUT2D eigenvalue weighted by atomic mass is 16.9. The van der Waals surface area contributed by atoms with Crippen LogP contribution in [-0.2, 0) is 14.2 Å². The van der Waals surface area contributed by atoms with Crippen molar-refractivity contribution < 1.29 is 19.0 Å². The second-order valence-electron chi connectivity index (χ2n) is 4.80. The molecule has 0 N–H and O–H groups in total. The van der Waals surface area contributed by atoms with Gasteiger partial charge in [-0.05, 0) is 38.1 Å². The van der Waals surface area contributed by atoms with Crippen molar-refractivity contribution in [3.8, 4) is 11.4 Å². The topological polar surface area (TPSA) is 70.5 Å². The summed E-state index contributed by atoms with van der Waals surface area (Å²) in [6.45, 7) is 3.94. The molecule has 6 nitrogen and oxygen atoms in total. The van der Waals surface area contributed by atoms with Crippen molar-refractivity contribution >= 4 is 5.97 Å². The second-order valence-corrected chi connectivity index (χ2v) is 4.80. The van der Waals surface area contributed by atoms with Gasteiger partial charge in [-0.25, -0.2) is 4.79 Å². The third kappa shape index (κ3) is 2.98. The molecule has 0 radical (unpaired) electrons. The summed E-state index contributed by atoms with van der Waals surface area (Å²) in [7, 11) is 0. The number of rotatable bonds is 4. The first kappa shape index (κ1) is 14.6. The van der Waals surface area contributed by atoms with Gasteiger partial charge >= 0.3 is 5.97 Å². The molecule has 1 aliphatic rings. The minimum absolute atomic E-state index is 0.188. The lowest BCUT2D eigenvalue weighted by Crippen LogP contribution is -2.31. The molecule has 2 aromatic heterocycles. The van der Waals surface area contributed by atoms with Gasteiger partial charge in [0.1, 0.15) is 0 Å². The number of esters is 1. The predicted octanol–water partition coefficient (Wildman–Crippen LogP) is 2.71. The van der Waals surface area contributed by atoms with Crippen molar-refractivity contribution in [1.82, 2.24) is 9.97 Å². The second kappa shape index (κ2) is 6.21. The van der Waals surface area contributed by atoms with Gasteiger partial charge in [-0.15, -0.1) is 0 Å². The smallest absolute Gasteiger partial charge is 0.338 e. The Labute approximate surface area is 128 Å². The maximum absolute atomic E-state index is 11.8. The van der Waals surface area contributed by atoms with Crippen molar-refractivity contribution in [1.29, 1.82) is 0 Å². The van der Waals surface area contributed by atoms with E-state index in [2.05, 4.69) is 9.97 Å². The number of hydrogen-bond acceptors (Lipinski definition) is 6. The number of carbonyl (C=O) groups is 1. The van der Waals surface area contributed by atoms with Gasteiger partial charge in [-0.2, -0.15) is 0 Å². The Hall–Kier alpha value is -2.31. The van der Waals surface area contributed by atoms with Crippen molar-refractivity contribution in [3.05, 3.63) is 47.8 Å². The molecular weight excluding hydrogens is 284 g/mol. The molecule has 0 atom stereocenters. The van der Waals surface area contributed by atoms with Gasteiger partial charge in [-0.1, -0.05) is 0 Å². The van der Waals surface area contributed by atoms with Gasteiger partial charge in [0.2, 0.25) is 0 Å². The van der Waals surface area contributed by atoms with Crippen LogP contribution in [0.3, 0.4) is 0 Å². The average molecular weight is 300 g/mol. The van der Waals surface area contributed by atoms with E-state index < -0.39 is 0 Å². The molecule has 0 bridgehead atoms. The molecule has 0 saturated carbocycles. The van der Waals surface area contributed by atoms with Crippen LogP contribution < -0.4 is 0 Å². The summed E-state index contributed by atoms with van der Waals surface area (Å²) < 4.78 is 15.9. The lowest BCUT2D eigenvalue weighted by molar-refractivity contribution is -0.382. The zero-order valence-corrected chi connectivity index (χ0v) is 12.4. The summed E-state index contributed by atoms with van der Waals surface area (Å²) in [5.41, 5.74) is 2.56. The van der Waals surface area contributed by atoms with Crippen LogP contribution in [0.5, 0.6) is 0 Å². The number of hydrogen-bond donors (Lipinski definition) is 0. The predicted molar refractivity (Wildman–Crippen MR) is 77.8 cm³/mol. The van der Waals surface area contributed by atoms with Crippen LogP contribution in [0.4, 0.5) is 0 Å². The van der Waals surface area contributed by atoms with E-state index in [9.17, 15) is 4.79 Å².